The molecule has 0 heterocycles. The minimum Gasteiger partial charge on any atom is -0.356 e. The van der Waals surface area contributed by atoms with Crippen molar-refractivity contribution in [3.05, 3.63) is 0 Å². The molecule has 2 N–H and O–H groups in total. The molecule has 0 spiro atoms. The molecule has 1 saturated carbocycles. The highest BCUT2D eigenvalue weighted by Crippen LogP contribution is 2.49. The molecule has 0 aromatic heterocycles. The van der Waals surface area contributed by atoms with E-state index < -0.39 is 0 Å². The molecular formula is C12H24N2O. The summed E-state index contributed by atoms with van der Waals surface area (Å²) < 4.78 is 0. The van der Waals surface area contributed by atoms with Crippen molar-refractivity contribution in [2.24, 2.45) is 11.3 Å². The Balaban J connectivity index is 2.16. The molecule has 0 bridgehead atoms. The topological polar surface area (TPSA) is 41.1 Å². The van der Waals surface area contributed by atoms with Crippen molar-refractivity contribution >= 4 is 5.91 Å². The fourth-order valence-electron chi connectivity index (χ4n) is 2.11. The maximum Gasteiger partial charge on any atom is 0.221 e. The van der Waals surface area contributed by atoms with Crippen LogP contribution in [-0.2, 0) is 4.79 Å². The van der Waals surface area contributed by atoms with Gasteiger partial charge in [-0.3, -0.25) is 4.79 Å². The number of nitrogens with one attached hydrogen (secondary N) is 2. The van der Waals surface area contributed by atoms with Gasteiger partial charge in [-0.2, -0.15) is 0 Å². The molecule has 1 aliphatic rings. The van der Waals surface area contributed by atoms with Crippen LogP contribution in [0.3, 0.4) is 0 Å². The number of carbonyl (C=O) groups excluding carboxylic acids is 1. The molecule has 0 aromatic carbocycles. The zero-order valence-electron chi connectivity index (χ0n) is 10.2. The molecule has 1 fully saturated rings. The third-order valence-corrected chi connectivity index (χ3v) is 3.06. The lowest BCUT2D eigenvalue weighted by molar-refractivity contribution is -0.121. The van der Waals surface area contributed by atoms with E-state index in [0.29, 0.717) is 11.8 Å². The summed E-state index contributed by atoms with van der Waals surface area (Å²) in [6, 6.07) is 0. The first-order valence-corrected chi connectivity index (χ1v) is 5.99. The molecule has 0 unspecified atom stereocenters. The van der Waals surface area contributed by atoms with Crippen LogP contribution in [0, 0.1) is 11.3 Å². The Morgan fingerprint density at radius 2 is 2.07 bits per heavy atom. The third kappa shape index (κ3) is 4.65. The van der Waals surface area contributed by atoms with Gasteiger partial charge in [0.05, 0.1) is 0 Å². The van der Waals surface area contributed by atoms with Crippen molar-refractivity contribution in [2.45, 2.75) is 39.5 Å². The van der Waals surface area contributed by atoms with E-state index in [2.05, 4.69) is 24.5 Å². The Morgan fingerprint density at radius 1 is 1.40 bits per heavy atom. The molecule has 3 heteroatoms. The lowest BCUT2D eigenvalue weighted by atomic mass is 9.94. The molecular weight excluding hydrogens is 188 g/mol. The maximum atomic E-state index is 11.4. The Morgan fingerprint density at radius 3 is 2.53 bits per heavy atom. The maximum absolute atomic E-state index is 11.4. The fourth-order valence-corrected chi connectivity index (χ4v) is 2.11. The van der Waals surface area contributed by atoms with E-state index in [1.807, 2.05) is 7.05 Å². The van der Waals surface area contributed by atoms with Crippen LogP contribution in [-0.4, -0.2) is 26.0 Å². The van der Waals surface area contributed by atoms with Crippen LogP contribution in [0.1, 0.15) is 39.5 Å². The largest absolute Gasteiger partial charge is 0.356 e. The van der Waals surface area contributed by atoms with Gasteiger partial charge in [0.25, 0.3) is 0 Å². The number of rotatable bonds is 7. The van der Waals surface area contributed by atoms with E-state index >= 15 is 0 Å². The number of hydrogen-bond donors (Lipinski definition) is 2. The molecule has 0 saturated heterocycles. The quantitative estimate of drug-likeness (QED) is 0.672. The predicted octanol–water partition coefficient (Wildman–Crippen LogP) is 1.54. The van der Waals surface area contributed by atoms with Crippen LogP contribution in [0.15, 0.2) is 0 Å². The van der Waals surface area contributed by atoms with E-state index in [-0.39, 0.29) is 5.91 Å². The monoisotopic (exact) mass is 212 g/mol. The number of hydrogen-bond acceptors (Lipinski definition) is 2. The second-order valence-electron chi connectivity index (χ2n) is 5.23. The number of amides is 1. The second-order valence-corrected chi connectivity index (χ2v) is 5.23. The highest BCUT2D eigenvalue weighted by molar-refractivity contribution is 5.76. The predicted molar refractivity (Wildman–Crippen MR) is 62.7 cm³/mol. The smallest absolute Gasteiger partial charge is 0.221 e. The molecule has 0 aliphatic heterocycles. The van der Waals surface area contributed by atoms with Crippen LogP contribution >= 0.6 is 0 Å². The van der Waals surface area contributed by atoms with E-state index in [4.69, 9.17) is 0 Å². The summed E-state index contributed by atoms with van der Waals surface area (Å²) in [7, 11) is 1.87. The summed E-state index contributed by atoms with van der Waals surface area (Å²) in [5.41, 5.74) is 0.448. The van der Waals surface area contributed by atoms with Crippen molar-refractivity contribution in [3.8, 4) is 0 Å². The second kappa shape index (κ2) is 5.50. The van der Waals surface area contributed by atoms with Gasteiger partial charge in [0.2, 0.25) is 5.91 Å². The van der Waals surface area contributed by atoms with E-state index in [1.54, 1.807) is 0 Å². The molecule has 3 nitrogen and oxygen atoms in total. The van der Waals surface area contributed by atoms with Gasteiger partial charge in [-0.05, 0) is 37.6 Å². The van der Waals surface area contributed by atoms with Gasteiger partial charge in [-0.15, -0.1) is 0 Å². The van der Waals surface area contributed by atoms with Crippen molar-refractivity contribution in [3.63, 3.8) is 0 Å². The SMILES string of the molecule is CNCCC(=O)NCC1(CC(C)C)CC1. The van der Waals surface area contributed by atoms with Crippen molar-refractivity contribution in [1.82, 2.24) is 10.6 Å². The summed E-state index contributed by atoms with van der Waals surface area (Å²) >= 11 is 0. The third-order valence-electron chi connectivity index (χ3n) is 3.06. The minimum atomic E-state index is 0.180. The number of carbonyl (C=O) groups is 1. The Bertz CT molecular complexity index is 210. The van der Waals surface area contributed by atoms with Crippen LogP contribution < -0.4 is 10.6 Å². The van der Waals surface area contributed by atoms with Gasteiger partial charge < -0.3 is 10.6 Å². The molecule has 15 heavy (non-hydrogen) atoms. The molecule has 0 radical (unpaired) electrons. The summed E-state index contributed by atoms with van der Waals surface area (Å²) in [6.07, 6.45) is 4.42. The minimum absolute atomic E-state index is 0.180. The molecule has 1 amide bonds. The highest BCUT2D eigenvalue weighted by Gasteiger charge is 2.42. The van der Waals surface area contributed by atoms with Crippen LogP contribution in [0.25, 0.3) is 0 Å². The Kier molecular flexibility index (Phi) is 4.58. The Hall–Kier alpha value is -0.570. The van der Waals surface area contributed by atoms with Gasteiger partial charge in [-0.25, -0.2) is 0 Å². The zero-order chi connectivity index (χ0) is 11.3. The van der Waals surface area contributed by atoms with Crippen LogP contribution in [0.5, 0.6) is 0 Å². The lowest BCUT2D eigenvalue weighted by Gasteiger charge is -2.18. The van der Waals surface area contributed by atoms with Crippen LogP contribution in [0.2, 0.25) is 0 Å². The van der Waals surface area contributed by atoms with Gasteiger partial charge in [0.1, 0.15) is 0 Å². The first-order valence-electron chi connectivity index (χ1n) is 5.99. The van der Waals surface area contributed by atoms with Gasteiger partial charge in [0.15, 0.2) is 0 Å². The summed E-state index contributed by atoms with van der Waals surface area (Å²) in [6.45, 7) is 6.16. The average Bonchev–Trinajstić information content (AvgIpc) is 2.91. The summed E-state index contributed by atoms with van der Waals surface area (Å²) in [5, 5.41) is 6.03. The fraction of sp³-hybridized carbons (Fsp3) is 0.917. The Labute approximate surface area is 93.0 Å². The summed E-state index contributed by atoms with van der Waals surface area (Å²) in [4.78, 5) is 11.4. The van der Waals surface area contributed by atoms with Gasteiger partial charge in [0, 0.05) is 19.5 Å². The van der Waals surface area contributed by atoms with E-state index in [0.717, 1.165) is 19.0 Å². The van der Waals surface area contributed by atoms with E-state index in [1.165, 1.54) is 19.3 Å². The van der Waals surface area contributed by atoms with Crippen molar-refractivity contribution in [2.75, 3.05) is 20.1 Å². The lowest BCUT2D eigenvalue weighted by Crippen LogP contribution is -2.32. The first-order chi connectivity index (χ1) is 7.08. The standard InChI is InChI=1S/C12H24N2O/c1-10(2)8-12(5-6-12)9-14-11(15)4-7-13-3/h10,13H,4-9H2,1-3H3,(H,14,15). The molecule has 1 rings (SSSR count). The van der Waals surface area contributed by atoms with Crippen molar-refractivity contribution < 1.29 is 4.79 Å². The van der Waals surface area contributed by atoms with Crippen molar-refractivity contribution in [1.29, 1.82) is 0 Å². The average molecular weight is 212 g/mol. The van der Waals surface area contributed by atoms with Crippen LogP contribution in [0.4, 0.5) is 0 Å². The van der Waals surface area contributed by atoms with Gasteiger partial charge in [-0.1, -0.05) is 13.8 Å². The molecule has 88 valence electrons. The zero-order valence-corrected chi connectivity index (χ0v) is 10.2. The molecule has 0 atom stereocenters. The highest BCUT2D eigenvalue weighted by atomic mass is 16.1. The summed E-state index contributed by atoms with van der Waals surface area (Å²) in [5.74, 6) is 0.918. The normalized spacial score (nSPS) is 17.9. The molecule has 1 aliphatic carbocycles. The van der Waals surface area contributed by atoms with Gasteiger partial charge >= 0.3 is 0 Å². The van der Waals surface area contributed by atoms with E-state index in [9.17, 15) is 4.79 Å². The first kappa shape index (κ1) is 12.5. The molecule has 0 aromatic rings.